The molecule has 6 heteroatoms. The number of carbonyl (C=O) groups is 2. The molecule has 1 amide bonds. The summed E-state index contributed by atoms with van der Waals surface area (Å²) in [6, 6.07) is 5.27. The number of rotatable bonds is 8. The van der Waals surface area contributed by atoms with Gasteiger partial charge >= 0.3 is 5.97 Å². The highest BCUT2D eigenvalue weighted by Gasteiger charge is 2.06. The number of aliphatic carboxylic acids is 1. The van der Waals surface area contributed by atoms with Crippen LogP contribution < -0.4 is 10.1 Å². The molecule has 0 bridgehead atoms. The summed E-state index contributed by atoms with van der Waals surface area (Å²) < 4.78 is 5.38. The van der Waals surface area contributed by atoms with Gasteiger partial charge in [-0.05, 0) is 31.9 Å². The molecule has 0 fully saturated rings. The Hall–Kier alpha value is -1.75. The van der Waals surface area contributed by atoms with E-state index < -0.39 is 5.97 Å². The molecule has 0 radical (unpaired) electrons. The van der Waals surface area contributed by atoms with Gasteiger partial charge in [0.05, 0.1) is 0 Å². The van der Waals surface area contributed by atoms with E-state index in [1.807, 2.05) is 6.92 Å². The Morgan fingerprint density at radius 1 is 1.35 bits per heavy atom. The van der Waals surface area contributed by atoms with Gasteiger partial charge in [-0.3, -0.25) is 9.59 Å². The first-order valence-electron chi connectivity index (χ1n) is 6.37. The Bertz CT molecular complexity index is 476. The topological polar surface area (TPSA) is 75.6 Å². The summed E-state index contributed by atoms with van der Waals surface area (Å²) in [7, 11) is 0. The zero-order valence-electron chi connectivity index (χ0n) is 11.3. The van der Waals surface area contributed by atoms with E-state index in [2.05, 4.69) is 5.32 Å². The van der Waals surface area contributed by atoms with Gasteiger partial charge < -0.3 is 15.2 Å². The molecule has 1 rings (SSSR count). The molecule has 0 atom stereocenters. The minimum Gasteiger partial charge on any atom is -0.483 e. The van der Waals surface area contributed by atoms with Crippen LogP contribution in [0.4, 0.5) is 0 Å². The van der Waals surface area contributed by atoms with Gasteiger partial charge in [-0.25, -0.2) is 0 Å². The molecule has 20 heavy (non-hydrogen) atoms. The summed E-state index contributed by atoms with van der Waals surface area (Å²) in [5.41, 5.74) is 0.795. The van der Waals surface area contributed by atoms with Crippen LogP contribution >= 0.6 is 11.6 Å². The van der Waals surface area contributed by atoms with Crippen LogP contribution in [0.3, 0.4) is 0 Å². The van der Waals surface area contributed by atoms with E-state index in [1.165, 1.54) is 0 Å². The molecule has 0 aliphatic rings. The lowest BCUT2D eigenvalue weighted by atomic mass is 10.2. The van der Waals surface area contributed by atoms with Gasteiger partial charge in [-0.2, -0.15) is 0 Å². The molecule has 1 aromatic rings. The Labute approximate surface area is 122 Å². The monoisotopic (exact) mass is 299 g/mol. The second-order valence-electron chi connectivity index (χ2n) is 4.35. The van der Waals surface area contributed by atoms with E-state index in [0.717, 1.165) is 5.56 Å². The Morgan fingerprint density at radius 3 is 2.80 bits per heavy atom. The van der Waals surface area contributed by atoms with E-state index >= 15 is 0 Å². The fourth-order valence-electron chi connectivity index (χ4n) is 1.57. The van der Waals surface area contributed by atoms with Crippen molar-refractivity contribution in [1.82, 2.24) is 5.32 Å². The highest BCUT2D eigenvalue weighted by molar-refractivity contribution is 6.31. The zero-order chi connectivity index (χ0) is 15.0. The zero-order valence-corrected chi connectivity index (χ0v) is 12.1. The number of unbranched alkanes of at least 4 members (excludes halogenated alkanes) is 1. The van der Waals surface area contributed by atoms with Gasteiger partial charge in [0.2, 0.25) is 0 Å². The third-order valence-electron chi connectivity index (χ3n) is 2.72. The summed E-state index contributed by atoms with van der Waals surface area (Å²) in [5.74, 6) is -0.477. The van der Waals surface area contributed by atoms with E-state index in [1.54, 1.807) is 18.2 Å². The molecule has 110 valence electrons. The lowest BCUT2D eigenvalue weighted by molar-refractivity contribution is -0.137. The molecule has 5 nitrogen and oxygen atoms in total. The Morgan fingerprint density at radius 2 is 2.10 bits per heavy atom. The molecule has 0 spiro atoms. The quantitative estimate of drug-likeness (QED) is 0.723. The minimum absolute atomic E-state index is 0.0832. The predicted molar refractivity (Wildman–Crippen MR) is 76.2 cm³/mol. The molecule has 0 aliphatic heterocycles. The van der Waals surface area contributed by atoms with Gasteiger partial charge in [0.1, 0.15) is 5.75 Å². The van der Waals surface area contributed by atoms with Crippen molar-refractivity contribution in [3.63, 3.8) is 0 Å². The van der Waals surface area contributed by atoms with Crippen LogP contribution in [-0.2, 0) is 9.59 Å². The van der Waals surface area contributed by atoms with E-state index in [4.69, 9.17) is 21.4 Å². The lowest BCUT2D eigenvalue weighted by Gasteiger charge is -2.10. The number of halogens is 1. The average Bonchev–Trinajstić information content (AvgIpc) is 2.39. The van der Waals surface area contributed by atoms with Gasteiger partial charge in [-0.1, -0.05) is 17.7 Å². The number of carboxylic acids is 1. The van der Waals surface area contributed by atoms with Gasteiger partial charge in [0.25, 0.3) is 5.91 Å². The highest BCUT2D eigenvalue weighted by atomic mass is 35.5. The first-order valence-corrected chi connectivity index (χ1v) is 6.75. The molecular formula is C14H18ClNO4. The second kappa shape index (κ2) is 8.43. The highest BCUT2D eigenvalue weighted by Crippen LogP contribution is 2.24. The molecular weight excluding hydrogens is 282 g/mol. The summed E-state index contributed by atoms with van der Waals surface area (Å²) in [6.45, 7) is 2.19. The maximum Gasteiger partial charge on any atom is 0.303 e. The van der Waals surface area contributed by atoms with Crippen molar-refractivity contribution in [3.05, 3.63) is 28.8 Å². The molecule has 1 aromatic carbocycles. The van der Waals surface area contributed by atoms with Gasteiger partial charge in [-0.15, -0.1) is 0 Å². The van der Waals surface area contributed by atoms with E-state index in [9.17, 15) is 9.59 Å². The number of hydrogen-bond donors (Lipinski definition) is 2. The summed E-state index contributed by atoms with van der Waals surface area (Å²) >= 11 is 5.94. The third kappa shape index (κ3) is 5.93. The first-order chi connectivity index (χ1) is 9.50. The van der Waals surface area contributed by atoms with E-state index in [0.29, 0.717) is 30.2 Å². The van der Waals surface area contributed by atoms with Crippen LogP contribution in [0.1, 0.15) is 24.8 Å². The number of ether oxygens (including phenoxy) is 1. The first kappa shape index (κ1) is 16.3. The molecule has 0 heterocycles. The van der Waals surface area contributed by atoms with E-state index in [-0.39, 0.29) is 18.9 Å². The van der Waals surface area contributed by atoms with Crippen molar-refractivity contribution in [1.29, 1.82) is 0 Å². The molecule has 0 aromatic heterocycles. The van der Waals surface area contributed by atoms with Crippen molar-refractivity contribution in [2.45, 2.75) is 26.2 Å². The number of amides is 1. The molecule has 0 unspecified atom stereocenters. The average molecular weight is 300 g/mol. The Balaban J connectivity index is 2.23. The van der Waals surface area contributed by atoms with Gasteiger partial charge in [0.15, 0.2) is 6.61 Å². The van der Waals surface area contributed by atoms with Crippen LogP contribution in [0.15, 0.2) is 18.2 Å². The maximum atomic E-state index is 11.5. The molecule has 0 saturated heterocycles. The van der Waals surface area contributed by atoms with Crippen molar-refractivity contribution < 1.29 is 19.4 Å². The third-order valence-corrected chi connectivity index (χ3v) is 3.13. The van der Waals surface area contributed by atoms with Crippen molar-refractivity contribution in [3.8, 4) is 5.75 Å². The van der Waals surface area contributed by atoms with Crippen LogP contribution in [0.2, 0.25) is 5.02 Å². The van der Waals surface area contributed by atoms with Crippen LogP contribution in [-0.4, -0.2) is 30.1 Å². The summed E-state index contributed by atoms with van der Waals surface area (Å²) in [6.07, 6.45) is 1.30. The molecule has 0 saturated carbocycles. The second-order valence-corrected chi connectivity index (χ2v) is 4.76. The largest absolute Gasteiger partial charge is 0.483 e. The van der Waals surface area contributed by atoms with Gasteiger partial charge in [0, 0.05) is 23.6 Å². The summed E-state index contributed by atoms with van der Waals surface area (Å²) in [5, 5.41) is 11.7. The SMILES string of the molecule is Cc1c(Cl)cccc1OCC(=O)NCCCCC(=O)O. The smallest absolute Gasteiger partial charge is 0.303 e. The number of carbonyl (C=O) groups excluding carboxylic acids is 1. The molecule has 0 aliphatic carbocycles. The van der Waals surface area contributed by atoms with Crippen molar-refractivity contribution >= 4 is 23.5 Å². The van der Waals surface area contributed by atoms with Crippen LogP contribution in [0.5, 0.6) is 5.75 Å². The standard InChI is InChI=1S/C14H18ClNO4/c1-10-11(15)5-4-6-12(10)20-9-13(17)16-8-3-2-7-14(18)19/h4-6H,2-3,7-9H2,1H3,(H,16,17)(H,18,19). The maximum absolute atomic E-state index is 11.5. The number of hydrogen-bond acceptors (Lipinski definition) is 3. The molecule has 2 N–H and O–H groups in total. The number of carboxylic acid groups (broad SMARTS) is 1. The number of benzene rings is 1. The predicted octanol–water partition coefficient (Wildman–Crippen LogP) is 2.40. The van der Waals surface area contributed by atoms with Crippen LogP contribution in [0, 0.1) is 6.92 Å². The van der Waals surface area contributed by atoms with Crippen LogP contribution in [0.25, 0.3) is 0 Å². The minimum atomic E-state index is -0.823. The Kier molecular flexibility index (Phi) is 6.87. The number of nitrogens with one attached hydrogen (secondary N) is 1. The lowest BCUT2D eigenvalue weighted by Crippen LogP contribution is -2.29. The fourth-order valence-corrected chi connectivity index (χ4v) is 1.73. The van der Waals surface area contributed by atoms with Crippen molar-refractivity contribution in [2.75, 3.05) is 13.2 Å². The normalized spacial score (nSPS) is 10.1. The van der Waals surface area contributed by atoms with Crippen molar-refractivity contribution in [2.24, 2.45) is 0 Å². The fraction of sp³-hybridized carbons (Fsp3) is 0.429. The summed E-state index contributed by atoms with van der Waals surface area (Å²) in [4.78, 5) is 21.8.